The first-order valence-electron chi connectivity index (χ1n) is 10.1. The van der Waals surface area contributed by atoms with Crippen LogP contribution >= 0.6 is 24.0 Å². The normalized spacial score (nSPS) is 11.6. The molecule has 10 heteroatoms. The van der Waals surface area contributed by atoms with Gasteiger partial charge in [-0.15, -0.1) is 24.0 Å². The molecule has 0 aliphatic rings. The first-order valence-corrected chi connectivity index (χ1v) is 11.7. The fourth-order valence-electron chi connectivity index (χ4n) is 2.90. The topological polar surface area (TPSA) is 115 Å². The average Bonchev–Trinajstić information content (AvgIpc) is 2.74. The van der Waals surface area contributed by atoms with Gasteiger partial charge in [0.2, 0.25) is 10.0 Å². The smallest absolute Gasteiger partial charge is 0.238 e. The van der Waals surface area contributed by atoms with Gasteiger partial charge < -0.3 is 20.1 Å². The quantitative estimate of drug-likeness (QED) is 0.164. The molecule has 0 fully saturated rings. The second-order valence-electron chi connectivity index (χ2n) is 7.10. The van der Waals surface area contributed by atoms with Crippen LogP contribution in [0.2, 0.25) is 0 Å². The van der Waals surface area contributed by atoms with E-state index in [9.17, 15) is 8.42 Å². The molecule has 0 bridgehead atoms. The van der Waals surface area contributed by atoms with Crippen molar-refractivity contribution in [2.24, 2.45) is 10.1 Å². The maximum Gasteiger partial charge on any atom is 0.238 e. The van der Waals surface area contributed by atoms with Crippen molar-refractivity contribution in [2.45, 2.75) is 31.2 Å². The summed E-state index contributed by atoms with van der Waals surface area (Å²) in [5.74, 6) is 1.53. The number of nitrogens with one attached hydrogen (secondary N) is 2. The lowest BCUT2D eigenvalue weighted by atomic mass is 10.1. The fourth-order valence-corrected chi connectivity index (χ4v) is 3.41. The van der Waals surface area contributed by atoms with Crippen LogP contribution in [-0.2, 0) is 27.7 Å². The van der Waals surface area contributed by atoms with Crippen LogP contribution in [0.5, 0.6) is 5.75 Å². The Bertz CT molecular complexity index is 966. The lowest BCUT2D eigenvalue weighted by Gasteiger charge is -2.15. The molecule has 2 rings (SSSR count). The third kappa shape index (κ3) is 9.72. The third-order valence-electron chi connectivity index (χ3n) is 4.60. The zero-order valence-electron chi connectivity index (χ0n) is 18.8. The molecular weight excluding hydrogens is 543 g/mol. The molecule has 0 unspecified atom stereocenters. The maximum atomic E-state index is 11.3. The van der Waals surface area contributed by atoms with Crippen LogP contribution in [0.15, 0.2) is 52.4 Å². The number of aliphatic imine (C=N–C) groups is 1. The Balaban J connectivity index is 0.00000512. The number of halogens is 1. The summed E-state index contributed by atoms with van der Waals surface area (Å²) in [6, 6.07) is 12.7. The molecule has 0 saturated carbocycles. The molecule has 4 N–H and O–H groups in total. The number of methoxy groups -OCH3 is 1. The summed E-state index contributed by atoms with van der Waals surface area (Å²) in [6.07, 6.45) is 1.54. The van der Waals surface area contributed by atoms with E-state index in [1.54, 1.807) is 26.3 Å². The SMILES string of the molecule is CN=C(NCCc1ccc(S(N)(=O)=O)cc1)NCc1ccc(C)cc1OCCCOC.I. The molecule has 8 nitrogen and oxygen atoms in total. The number of guanidine groups is 1. The Labute approximate surface area is 208 Å². The molecule has 0 spiro atoms. The van der Waals surface area contributed by atoms with Crippen molar-refractivity contribution in [2.75, 3.05) is 33.9 Å². The van der Waals surface area contributed by atoms with E-state index in [1.165, 1.54) is 12.1 Å². The predicted molar refractivity (Wildman–Crippen MR) is 138 cm³/mol. The highest BCUT2D eigenvalue weighted by Gasteiger charge is 2.08. The standard InChI is InChI=1S/C22H32N4O4S.HI/c1-17-5-8-19(21(15-17)30-14-4-13-29-3)16-26-22(24-2)25-12-11-18-6-9-20(10-7-18)31(23,27)28;/h5-10,15H,4,11-14,16H2,1-3H3,(H2,23,27,28)(H2,24,25,26);1H. The second-order valence-corrected chi connectivity index (χ2v) is 8.66. The van der Waals surface area contributed by atoms with E-state index in [4.69, 9.17) is 14.6 Å². The second kappa shape index (κ2) is 14.3. The molecule has 32 heavy (non-hydrogen) atoms. The number of ether oxygens (including phenoxy) is 2. The average molecular weight is 577 g/mol. The van der Waals surface area contributed by atoms with Gasteiger partial charge in [0.1, 0.15) is 5.75 Å². The summed E-state index contributed by atoms with van der Waals surface area (Å²) in [5.41, 5.74) is 3.19. The zero-order chi connectivity index (χ0) is 22.7. The maximum absolute atomic E-state index is 11.3. The highest BCUT2D eigenvalue weighted by atomic mass is 127. The van der Waals surface area contributed by atoms with Crippen LogP contribution in [0.1, 0.15) is 23.1 Å². The number of primary sulfonamides is 1. The molecule has 0 aromatic heterocycles. The minimum Gasteiger partial charge on any atom is -0.493 e. The first kappa shape index (κ1) is 28.1. The molecule has 2 aromatic rings. The molecule has 0 heterocycles. The van der Waals surface area contributed by atoms with Gasteiger partial charge in [0.05, 0.1) is 11.5 Å². The van der Waals surface area contributed by atoms with E-state index < -0.39 is 10.0 Å². The Hall–Kier alpha value is -1.89. The van der Waals surface area contributed by atoms with Gasteiger partial charge in [0, 0.05) is 45.8 Å². The van der Waals surface area contributed by atoms with Gasteiger partial charge in [-0.25, -0.2) is 13.6 Å². The fraction of sp³-hybridized carbons (Fsp3) is 0.409. The number of benzene rings is 2. The van der Waals surface area contributed by atoms with Crippen LogP contribution in [0.25, 0.3) is 0 Å². The summed E-state index contributed by atoms with van der Waals surface area (Å²) in [6.45, 7) is 4.52. The van der Waals surface area contributed by atoms with Gasteiger partial charge in [-0.2, -0.15) is 0 Å². The van der Waals surface area contributed by atoms with E-state index in [-0.39, 0.29) is 28.9 Å². The lowest BCUT2D eigenvalue weighted by Crippen LogP contribution is -2.37. The van der Waals surface area contributed by atoms with Crippen molar-refractivity contribution in [1.82, 2.24) is 10.6 Å². The van der Waals surface area contributed by atoms with Gasteiger partial charge in [-0.05, 0) is 42.7 Å². The van der Waals surface area contributed by atoms with Crippen LogP contribution in [0.3, 0.4) is 0 Å². The van der Waals surface area contributed by atoms with E-state index in [0.717, 1.165) is 28.9 Å². The minimum absolute atomic E-state index is 0. The highest BCUT2D eigenvalue weighted by Crippen LogP contribution is 2.20. The molecule has 0 saturated heterocycles. The van der Waals surface area contributed by atoms with Crippen molar-refractivity contribution in [3.8, 4) is 5.75 Å². The van der Waals surface area contributed by atoms with Gasteiger partial charge >= 0.3 is 0 Å². The van der Waals surface area contributed by atoms with Crippen LogP contribution in [0, 0.1) is 6.92 Å². The third-order valence-corrected chi connectivity index (χ3v) is 5.53. The zero-order valence-corrected chi connectivity index (χ0v) is 21.9. The first-order chi connectivity index (χ1) is 14.8. The van der Waals surface area contributed by atoms with Gasteiger partial charge in [-0.1, -0.05) is 24.3 Å². The monoisotopic (exact) mass is 576 g/mol. The molecule has 0 radical (unpaired) electrons. The molecule has 2 aromatic carbocycles. The largest absolute Gasteiger partial charge is 0.493 e. The number of nitrogens with zero attached hydrogens (tertiary/aromatic N) is 1. The van der Waals surface area contributed by atoms with Crippen molar-refractivity contribution in [3.05, 3.63) is 59.2 Å². The summed E-state index contributed by atoms with van der Waals surface area (Å²) in [7, 11) is -0.271. The molecule has 0 aliphatic heterocycles. The predicted octanol–water partition coefficient (Wildman–Crippen LogP) is 2.58. The number of hydrogen-bond acceptors (Lipinski definition) is 5. The molecule has 0 atom stereocenters. The van der Waals surface area contributed by atoms with Crippen LogP contribution < -0.4 is 20.5 Å². The van der Waals surface area contributed by atoms with Crippen molar-refractivity contribution in [1.29, 1.82) is 0 Å². The van der Waals surface area contributed by atoms with E-state index >= 15 is 0 Å². The van der Waals surface area contributed by atoms with Crippen molar-refractivity contribution < 1.29 is 17.9 Å². The summed E-state index contributed by atoms with van der Waals surface area (Å²) < 4.78 is 33.7. The molecular formula is C22H33IN4O4S. The number of rotatable bonds is 11. The van der Waals surface area contributed by atoms with E-state index in [1.807, 2.05) is 19.1 Å². The van der Waals surface area contributed by atoms with Gasteiger partial charge in [-0.3, -0.25) is 4.99 Å². The Kier molecular flexibility index (Phi) is 12.6. The molecule has 0 amide bonds. The number of aryl methyl sites for hydroxylation is 1. The number of hydrogen-bond donors (Lipinski definition) is 3. The molecule has 178 valence electrons. The summed E-state index contributed by atoms with van der Waals surface area (Å²) in [4.78, 5) is 4.37. The van der Waals surface area contributed by atoms with Crippen molar-refractivity contribution >= 4 is 40.0 Å². The van der Waals surface area contributed by atoms with Crippen LogP contribution in [-0.4, -0.2) is 48.3 Å². The van der Waals surface area contributed by atoms with E-state index in [2.05, 4.69) is 21.7 Å². The minimum atomic E-state index is -3.67. The molecule has 0 aliphatic carbocycles. The summed E-state index contributed by atoms with van der Waals surface area (Å²) in [5, 5.41) is 11.7. The van der Waals surface area contributed by atoms with Crippen molar-refractivity contribution in [3.63, 3.8) is 0 Å². The summed E-state index contributed by atoms with van der Waals surface area (Å²) >= 11 is 0. The number of sulfonamides is 1. The van der Waals surface area contributed by atoms with E-state index in [0.29, 0.717) is 38.7 Å². The van der Waals surface area contributed by atoms with Gasteiger partial charge in [0.25, 0.3) is 0 Å². The highest BCUT2D eigenvalue weighted by molar-refractivity contribution is 14.0. The Morgan fingerprint density at radius 3 is 2.44 bits per heavy atom. The number of nitrogens with two attached hydrogens (primary N) is 1. The lowest BCUT2D eigenvalue weighted by molar-refractivity contribution is 0.171. The van der Waals surface area contributed by atoms with Crippen LogP contribution in [0.4, 0.5) is 0 Å². The van der Waals surface area contributed by atoms with Gasteiger partial charge in [0.15, 0.2) is 5.96 Å². The Morgan fingerprint density at radius 1 is 1.09 bits per heavy atom. The Morgan fingerprint density at radius 2 is 1.81 bits per heavy atom.